The van der Waals surface area contributed by atoms with Crippen LogP contribution in [0.2, 0.25) is 0 Å². The fraction of sp³-hybridized carbons (Fsp3) is 0.250. The molecular formula is C16H18N2O4. The van der Waals surface area contributed by atoms with Crippen molar-refractivity contribution in [3.05, 3.63) is 52.4 Å². The number of aromatic nitrogens is 1. The molecule has 2 aromatic rings. The third-order valence-electron chi connectivity index (χ3n) is 3.24. The minimum Gasteiger partial charge on any atom is -0.497 e. The predicted octanol–water partition coefficient (Wildman–Crippen LogP) is 2.14. The number of anilines is 1. The Kier molecular flexibility index (Phi) is 4.83. The van der Waals surface area contributed by atoms with Crippen LogP contribution in [0.3, 0.4) is 0 Å². The molecule has 1 amide bonds. The number of aryl methyl sites for hydroxylation is 1. The molecule has 0 aliphatic rings. The summed E-state index contributed by atoms with van der Waals surface area (Å²) in [5.74, 6) is 0.703. The van der Waals surface area contributed by atoms with E-state index in [0.717, 1.165) is 0 Å². The maximum Gasteiger partial charge on any atom is 0.259 e. The monoisotopic (exact) mass is 302 g/mol. The highest BCUT2D eigenvalue weighted by Gasteiger charge is 2.13. The Balaban J connectivity index is 2.27. The summed E-state index contributed by atoms with van der Waals surface area (Å²) in [4.78, 5) is 23.9. The lowest BCUT2D eigenvalue weighted by Crippen LogP contribution is -2.20. The molecule has 0 aliphatic heterocycles. The van der Waals surface area contributed by atoms with Crippen molar-refractivity contribution in [1.29, 1.82) is 0 Å². The van der Waals surface area contributed by atoms with Gasteiger partial charge in [-0.1, -0.05) is 0 Å². The summed E-state index contributed by atoms with van der Waals surface area (Å²) < 4.78 is 11.8. The van der Waals surface area contributed by atoms with Crippen LogP contribution < -0.4 is 20.3 Å². The number of methoxy groups -OCH3 is 2. The standard InChI is InChI=1S/C16H18N2O4/c1-4-18-10-11(5-8-15(18)19)17-16(20)13-7-6-12(21-2)9-14(13)22-3/h5-10H,4H2,1-3H3,(H,17,20). The molecule has 22 heavy (non-hydrogen) atoms. The first-order valence-corrected chi connectivity index (χ1v) is 6.83. The highest BCUT2D eigenvalue weighted by Crippen LogP contribution is 2.25. The molecule has 1 heterocycles. The fourth-order valence-electron chi connectivity index (χ4n) is 2.04. The molecule has 2 rings (SSSR count). The van der Waals surface area contributed by atoms with Crippen LogP contribution in [0.15, 0.2) is 41.3 Å². The molecule has 0 bridgehead atoms. The zero-order valence-electron chi connectivity index (χ0n) is 12.8. The number of carbonyl (C=O) groups is 1. The quantitative estimate of drug-likeness (QED) is 0.918. The lowest BCUT2D eigenvalue weighted by atomic mass is 10.1. The molecule has 0 saturated heterocycles. The van der Waals surface area contributed by atoms with E-state index in [1.54, 1.807) is 37.6 Å². The molecule has 0 atom stereocenters. The SMILES string of the molecule is CCn1cc(NC(=O)c2ccc(OC)cc2OC)ccc1=O. The number of rotatable bonds is 5. The molecule has 1 N–H and O–H groups in total. The Labute approximate surface area is 128 Å². The van der Waals surface area contributed by atoms with E-state index in [1.165, 1.54) is 17.7 Å². The van der Waals surface area contributed by atoms with Gasteiger partial charge in [-0.15, -0.1) is 0 Å². The molecule has 6 heteroatoms. The smallest absolute Gasteiger partial charge is 0.259 e. The van der Waals surface area contributed by atoms with Gasteiger partial charge in [-0.2, -0.15) is 0 Å². The third-order valence-corrected chi connectivity index (χ3v) is 3.24. The number of hydrogen-bond acceptors (Lipinski definition) is 4. The Hall–Kier alpha value is -2.76. The van der Waals surface area contributed by atoms with Crippen molar-refractivity contribution in [3.63, 3.8) is 0 Å². The molecule has 116 valence electrons. The van der Waals surface area contributed by atoms with Crippen molar-refractivity contribution in [2.75, 3.05) is 19.5 Å². The predicted molar refractivity (Wildman–Crippen MR) is 83.9 cm³/mol. The summed E-state index contributed by atoms with van der Waals surface area (Å²) in [5, 5.41) is 2.75. The Bertz CT molecular complexity index is 737. The van der Waals surface area contributed by atoms with Crippen LogP contribution in [0.5, 0.6) is 11.5 Å². The number of nitrogens with zero attached hydrogens (tertiary/aromatic N) is 1. The van der Waals surface area contributed by atoms with E-state index in [0.29, 0.717) is 29.3 Å². The van der Waals surface area contributed by atoms with Gasteiger partial charge >= 0.3 is 0 Å². The van der Waals surface area contributed by atoms with Crippen LogP contribution in [0.1, 0.15) is 17.3 Å². The van der Waals surface area contributed by atoms with Gasteiger partial charge in [0.05, 0.1) is 25.5 Å². The number of benzene rings is 1. The second-order valence-corrected chi connectivity index (χ2v) is 4.56. The first-order valence-electron chi connectivity index (χ1n) is 6.83. The largest absolute Gasteiger partial charge is 0.497 e. The summed E-state index contributed by atoms with van der Waals surface area (Å²) in [6, 6.07) is 7.95. The molecular weight excluding hydrogens is 284 g/mol. The van der Waals surface area contributed by atoms with Gasteiger partial charge in [-0.25, -0.2) is 0 Å². The highest BCUT2D eigenvalue weighted by molar-refractivity contribution is 6.06. The normalized spacial score (nSPS) is 10.1. The van der Waals surface area contributed by atoms with Crippen molar-refractivity contribution in [1.82, 2.24) is 4.57 Å². The van der Waals surface area contributed by atoms with Gasteiger partial charge in [0.2, 0.25) is 0 Å². The minimum atomic E-state index is -0.319. The molecule has 1 aromatic carbocycles. The lowest BCUT2D eigenvalue weighted by Gasteiger charge is -2.11. The van der Waals surface area contributed by atoms with Crippen LogP contribution >= 0.6 is 0 Å². The van der Waals surface area contributed by atoms with Gasteiger partial charge in [0.15, 0.2) is 0 Å². The Morgan fingerprint density at radius 2 is 1.95 bits per heavy atom. The van der Waals surface area contributed by atoms with E-state index in [2.05, 4.69) is 5.32 Å². The third kappa shape index (κ3) is 3.28. The highest BCUT2D eigenvalue weighted by atomic mass is 16.5. The molecule has 1 aromatic heterocycles. The summed E-state index contributed by atoms with van der Waals surface area (Å²) in [7, 11) is 3.03. The van der Waals surface area contributed by atoms with Gasteiger partial charge in [-0.3, -0.25) is 9.59 Å². The molecule has 0 radical (unpaired) electrons. The zero-order valence-corrected chi connectivity index (χ0v) is 12.8. The van der Waals surface area contributed by atoms with E-state index < -0.39 is 0 Å². The number of carbonyl (C=O) groups excluding carboxylic acids is 1. The first-order chi connectivity index (χ1) is 10.6. The lowest BCUT2D eigenvalue weighted by molar-refractivity contribution is 0.102. The van der Waals surface area contributed by atoms with Gasteiger partial charge in [0.1, 0.15) is 11.5 Å². The van der Waals surface area contributed by atoms with Crippen LogP contribution in [-0.4, -0.2) is 24.7 Å². The van der Waals surface area contributed by atoms with E-state index in [4.69, 9.17) is 9.47 Å². The van der Waals surface area contributed by atoms with Crippen molar-refractivity contribution >= 4 is 11.6 Å². The zero-order chi connectivity index (χ0) is 16.1. The molecule has 6 nitrogen and oxygen atoms in total. The second-order valence-electron chi connectivity index (χ2n) is 4.56. The van der Waals surface area contributed by atoms with Gasteiger partial charge in [0.25, 0.3) is 11.5 Å². The Morgan fingerprint density at radius 1 is 1.18 bits per heavy atom. The fourth-order valence-corrected chi connectivity index (χ4v) is 2.04. The number of nitrogens with one attached hydrogen (secondary N) is 1. The molecule has 0 unspecified atom stereocenters. The van der Waals surface area contributed by atoms with E-state index in [1.807, 2.05) is 6.92 Å². The van der Waals surface area contributed by atoms with E-state index in [-0.39, 0.29) is 11.5 Å². The summed E-state index contributed by atoms with van der Waals surface area (Å²) in [6.07, 6.45) is 1.61. The maximum absolute atomic E-state index is 12.4. The van der Waals surface area contributed by atoms with Crippen LogP contribution in [0, 0.1) is 0 Å². The number of pyridine rings is 1. The van der Waals surface area contributed by atoms with Crippen LogP contribution in [0.4, 0.5) is 5.69 Å². The molecule has 0 fully saturated rings. The van der Waals surface area contributed by atoms with Crippen LogP contribution in [-0.2, 0) is 6.54 Å². The Morgan fingerprint density at radius 3 is 2.59 bits per heavy atom. The van der Waals surface area contributed by atoms with Crippen molar-refractivity contribution < 1.29 is 14.3 Å². The van der Waals surface area contributed by atoms with Crippen molar-refractivity contribution in [2.24, 2.45) is 0 Å². The minimum absolute atomic E-state index is 0.109. The number of hydrogen-bond donors (Lipinski definition) is 1. The molecule has 0 spiro atoms. The van der Waals surface area contributed by atoms with E-state index >= 15 is 0 Å². The van der Waals surface area contributed by atoms with Gasteiger partial charge < -0.3 is 19.4 Å². The van der Waals surface area contributed by atoms with Crippen molar-refractivity contribution in [2.45, 2.75) is 13.5 Å². The van der Waals surface area contributed by atoms with Crippen LogP contribution in [0.25, 0.3) is 0 Å². The number of amides is 1. The summed E-state index contributed by atoms with van der Waals surface area (Å²) in [5.41, 5.74) is 0.824. The van der Waals surface area contributed by atoms with Gasteiger partial charge in [-0.05, 0) is 25.1 Å². The maximum atomic E-state index is 12.4. The topological polar surface area (TPSA) is 69.6 Å². The number of ether oxygens (including phenoxy) is 2. The van der Waals surface area contributed by atoms with Gasteiger partial charge in [0, 0.05) is 24.9 Å². The summed E-state index contributed by atoms with van der Waals surface area (Å²) >= 11 is 0. The summed E-state index contributed by atoms with van der Waals surface area (Å²) in [6.45, 7) is 2.40. The average molecular weight is 302 g/mol. The van der Waals surface area contributed by atoms with E-state index in [9.17, 15) is 9.59 Å². The molecule has 0 saturated carbocycles. The first kappa shape index (κ1) is 15.6. The average Bonchev–Trinajstić information content (AvgIpc) is 2.55. The molecule has 0 aliphatic carbocycles. The van der Waals surface area contributed by atoms with Crippen molar-refractivity contribution in [3.8, 4) is 11.5 Å². The second kappa shape index (κ2) is 6.80.